The molecule has 0 aliphatic carbocycles. The van der Waals surface area contributed by atoms with E-state index < -0.39 is 17.2 Å². The molecule has 1 rings (SSSR count). The Kier molecular flexibility index (Phi) is 11.7. The highest BCUT2D eigenvalue weighted by Crippen LogP contribution is 2.16. The van der Waals surface area contributed by atoms with Crippen LogP contribution in [0.1, 0.15) is 53.0 Å². The average Bonchev–Trinajstić information content (AvgIpc) is 2.60. The van der Waals surface area contributed by atoms with Crippen molar-refractivity contribution in [3.8, 4) is 0 Å². The van der Waals surface area contributed by atoms with Crippen LogP contribution in [0, 0.1) is 0 Å². The molecule has 1 heterocycles. The molecule has 0 radical (unpaired) electrons. The van der Waals surface area contributed by atoms with Gasteiger partial charge in [0.25, 0.3) is 0 Å². The topological polar surface area (TPSA) is 87.6 Å². The number of hydrogen-bond acceptors (Lipinski definition) is 4. The molecule has 0 saturated carbocycles. The van der Waals surface area contributed by atoms with Crippen molar-refractivity contribution in [2.75, 3.05) is 13.6 Å². The number of carbonyl (C=O) groups is 1. The summed E-state index contributed by atoms with van der Waals surface area (Å²) < 4.78 is 5.40. The van der Waals surface area contributed by atoms with E-state index in [1.54, 1.807) is 19.3 Å². The largest absolute Gasteiger partial charge is 0.444 e. The van der Waals surface area contributed by atoms with E-state index in [9.17, 15) is 4.79 Å². The molecule has 0 aliphatic heterocycles. The minimum absolute atomic E-state index is 0. The van der Waals surface area contributed by atoms with Gasteiger partial charge in [0, 0.05) is 26.3 Å². The summed E-state index contributed by atoms with van der Waals surface area (Å²) in [6.45, 7) is 10.7. The van der Waals surface area contributed by atoms with Gasteiger partial charge in [-0.2, -0.15) is 0 Å². The molecule has 0 bridgehead atoms. The molecule has 0 fully saturated rings. The molecule has 1 aromatic rings. The van der Waals surface area contributed by atoms with Crippen LogP contribution in [0.3, 0.4) is 0 Å². The maximum atomic E-state index is 12.2. The van der Waals surface area contributed by atoms with Crippen LogP contribution >= 0.6 is 35.6 Å². The summed E-state index contributed by atoms with van der Waals surface area (Å²) in [5.74, 6) is 0.641. The van der Waals surface area contributed by atoms with Gasteiger partial charge in [-0.15, -0.1) is 24.0 Å². The Morgan fingerprint density at radius 1 is 1.21 bits per heavy atom. The Bertz CT molecular complexity index is 628. The highest BCUT2D eigenvalue weighted by Gasteiger charge is 2.30. The normalized spacial score (nSPS) is 12.0. The summed E-state index contributed by atoms with van der Waals surface area (Å²) in [7, 11) is 1.70. The number of rotatable bonds is 7. The first-order valence-electron chi connectivity index (χ1n) is 9.19. The minimum atomic E-state index is -0.533. The number of nitrogens with zero attached hydrogens (tertiary/aromatic N) is 2. The molecule has 160 valence electrons. The predicted octanol–water partition coefficient (Wildman–Crippen LogP) is 4.10. The van der Waals surface area contributed by atoms with Crippen LogP contribution in [0.5, 0.6) is 0 Å². The molecule has 0 saturated heterocycles. The quantitative estimate of drug-likeness (QED) is 0.216. The van der Waals surface area contributed by atoms with Crippen molar-refractivity contribution < 1.29 is 9.53 Å². The SMILES string of the molecule is CCC(CC)(CNC(=NC)NCc1ccc(Cl)nc1)NC(=O)OC(C)(C)C.I. The summed E-state index contributed by atoms with van der Waals surface area (Å²) in [6, 6.07) is 3.65. The summed E-state index contributed by atoms with van der Waals surface area (Å²) in [5, 5.41) is 9.99. The number of nitrogens with one attached hydrogen (secondary N) is 3. The van der Waals surface area contributed by atoms with Crippen molar-refractivity contribution in [2.24, 2.45) is 4.99 Å². The summed E-state index contributed by atoms with van der Waals surface area (Å²) in [5.41, 5.74) is 0.0305. The number of alkyl carbamates (subject to hydrolysis) is 1. The van der Waals surface area contributed by atoms with E-state index >= 15 is 0 Å². The zero-order valence-electron chi connectivity index (χ0n) is 17.6. The van der Waals surface area contributed by atoms with E-state index in [0.717, 1.165) is 18.4 Å². The third-order valence-electron chi connectivity index (χ3n) is 4.19. The number of aliphatic imine (C=N–C) groups is 1. The van der Waals surface area contributed by atoms with Gasteiger partial charge in [-0.3, -0.25) is 4.99 Å². The highest BCUT2D eigenvalue weighted by molar-refractivity contribution is 14.0. The van der Waals surface area contributed by atoms with Crippen LogP contribution in [-0.4, -0.2) is 41.8 Å². The van der Waals surface area contributed by atoms with Gasteiger partial charge < -0.3 is 20.7 Å². The van der Waals surface area contributed by atoms with Crippen LogP contribution in [0.4, 0.5) is 4.79 Å². The Morgan fingerprint density at radius 3 is 2.32 bits per heavy atom. The van der Waals surface area contributed by atoms with E-state index in [-0.39, 0.29) is 24.0 Å². The van der Waals surface area contributed by atoms with Crippen LogP contribution < -0.4 is 16.0 Å². The van der Waals surface area contributed by atoms with Crippen molar-refractivity contribution in [1.29, 1.82) is 0 Å². The fourth-order valence-corrected chi connectivity index (χ4v) is 2.52. The number of pyridine rings is 1. The Labute approximate surface area is 190 Å². The molecule has 0 spiro atoms. The molecule has 1 amide bonds. The molecular weight excluding hydrogens is 493 g/mol. The van der Waals surface area contributed by atoms with Gasteiger partial charge in [-0.05, 0) is 45.2 Å². The molecule has 0 unspecified atom stereocenters. The van der Waals surface area contributed by atoms with Crippen LogP contribution in [0.15, 0.2) is 23.3 Å². The molecule has 0 atom stereocenters. The maximum Gasteiger partial charge on any atom is 0.408 e. The van der Waals surface area contributed by atoms with Gasteiger partial charge in [0.15, 0.2) is 5.96 Å². The molecule has 3 N–H and O–H groups in total. The van der Waals surface area contributed by atoms with Gasteiger partial charge in [-0.1, -0.05) is 31.5 Å². The van der Waals surface area contributed by atoms with Crippen molar-refractivity contribution in [3.63, 3.8) is 0 Å². The first-order chi connectivity index (χ1) is 12.6. The fraction of sp³-hybridized carbons (Fsp3) is 0.632. The standard InChI is InChI=1S/C19H32ClN5O2.HI/c1-7-19(8-2,25-17(26)27-18(3,4)5)13-24-16(21-6)23-12-14-9-10-15(20)22-11-14;/h9-11H,7-8,12-13H2,1-6H3,(H,25,26)(H2,21,23,24);1H. The first-order valence-corrected chi connectivity index (χ1v) is 9.57. The molecule has 1 aromatic heterocycles. The molecule has 9 heteroatoms. The van der Waals surface area contributed by atoms with Crippen molar-refractivity contribution >= 4 is 47.6 Å². The van der Waals surface area contributed by atoms with Crippen LogP contribution in [-0.2, 0) is 11.3 Å². The van der Waals surface area contributed by atoms with Gasteiger partial charge in [0.05, 0.1) is 5.54 Å². The number of aromatic nitrogens is 1. The van der Waals surface area contributed by atoms with Crippen LogP contribution in [0.25, 0.3) is 0 Å². The molecular formula is C19H33ClIN5O2. The van der Waals surface area contributed by atoms with E-state index in [1.807, 2.05) is 40.7 Å². The fourth-order valence-electron chi connectivity index (χ4n) is 2.41. The number of halogens is 2. The zero-order valence-corrected chi connectivity index (χ0v) is 20.6. The lowest BCUT2D eigenvalue weighted by Gasteiger charge is -2.34. The summed E-state index contributed by atoms with van der Waals surface area (Å²) in [6.07, 6.45) is 2.82. The minimum Gasteiger partial charge on any atom is -0.444 e. The van der Waals surface area contributed by atoms with E-state index in [4.69, 9.17) is 16.3 Å². The third-order valence-corrected chi connectivity index (χ3v) is 4.41. The van der Waals surface area contributed by atoms with Gasteiger partial charge in [0.2, 0.25) is 0 Å². The van der Waals surface area contributed by atoms with E-state index in [1.165, 1.54) is 0 Å². The average molecular weight is 526 g/mol. The monoisotopic (exact) mass is 525 g/mol. The lowest BCUT2D eigenvalue weighted by atomic mass is 9.93. The second-order valence-corrected chi connectivity index (χ2v) is 7.77. The lowest BCUT2D eigenvalue weighted by Crippen LogP contribution is -2.57. The van der Waals surface area contributed by atoms with Crippen molar-refractivity contribution in [1.82, 2.24) is 20.9 Å². The van der Waals surface area contributed by atoms with Gasteiger partial charge >= 0.3 is 6.09 Å². The zero-order chi connectivity index (χ0) is 20.5. The summed E-state index contributed by atoms with van der Waals surface area (Å²) >= 11 is 5.80. The number of guanidine groups is 1. The van der Waals surface area contributed by atoms with Gasteiger partial charge in [-0.25, -0.2) is 9.78 Å². The highest BCUT2D eigenvalue weighted by atomic mass is 127. The second kappa shape index (κ2) is 12.3. The predicted molar refractivity (Wildman–Crippen MR) is 126 cm³/mol. The third kappa shape index (κ3) is 9.77. The smallest absolute Gasteiger partial charge is 0.408 e. The Balaban J connectivity index is 0.00000729. The number of hydrogen-bond donors (Lipinski definition) is 3. The lowest BCUT2D eigenvalue weighted by molar-refractivity contribution is 0.0448. The number of ether oxygens (including phenoxy) is 1. The summed E-state index contributed by atoms with van der Waals surface area (Å²) in [4.78, 5) is 20.5. The molecule has 28 heavy (non-hydrogen) atoms. The Hall–Kier alpha value is -1.29. The van der Waals surface area contributed by atoms with Crippen molar-refractivity contribution in [2.45, 2.75) is 65.1 Å². The van der Waals surface area contributed by atoms with E-state index in [2.05, 4.69) is 25.9 Å². The number of amides is 1. The van der Waals surface area contributed by atoms with Crippen molar-refractivity contribution in [3.05, 3.63) is 29.0 Å². The van der Waals surface area contributed by atoms with E-state index in [0.29, 0.717) is 24.2 Å². The Morgan fingerprint density at radius 2 is 1.86 bits per heavy atom. The molecule has 0 aromatic carbocycles. The van der Waals surface area contributed by atoms with Gasteiger partial charge in [0.1, 0.15) is 10.8 Å². The molecule has 7 nitrogen and oxygen atoms in total. The second-order valence-electron chi connectivity index (χ2n) is 7.38. The van der Waals surface area contributed by atoms with Crippen LogP contribution in [0.2, 0.25) is 5.15 Å². The maximum absolute atomic E-state index is 12.2. The first kappa shape index (κ1) is 26.7. The number of carbonyl (C=O) groups excluding carboxylic acids is 1. The molecule has 0 aliphatic rings.